The van der Waals surface area contributed by atoms with Crippen molar-refractivity contribution in [3.05, 3.63) is 20.8 Å². The average molecular weight is 340 g/mol. The molecular formula is C11H18BrNO2S2. The lowest BCUT2D eigenvalue weighted by atomic mass is 10.1. The van der Waals surface area contributed by atoms with Crippen molar-refractivity contribution in [3.8, 4) is 0 Å². The molecule has 0 aliphatic rings. The first-order valence-electron chi connectivity index (χ1n) is 5.57. The summed E-state index contributed by atoms with van der Waals surface area (Å²) in [7, 11) is -2.85. The molecule has 1 aromatic heterocycles. The number of sulfone groups is 1. The van der Waals surface area contributed by atoms with Crippen molar-refractivity contribution < 1.29 is 8.42 Å². The second-order valence-electron chi connectivity index (χ2n) is 4.07. The first-order valence-corrected chi connectivity index (χ1v) is 9.30. The van der Waals surface area contributed by atoms with Crippen LogP contribution in [0, 0.1) is 0 Å². The Labute approximate surface area is 116 Å². The molecule has 1 heterocycles. The van der Waals surface area contributed by atoms with Crippen LogP contribution in [0.25, 0.3) is 0 Å². The van der Waals surface area contributed by atoms with Gasteiger partial charge in [-0.2, -0.15) is 0 Å². The number of rotatable bonds is 7. The summed E-state index contributed by atoms with van der Waals surface area (Å²) in [6.07, 6.45) is 2.84. The first kappa shape index (κ1) is 15.1. The van der Waals surface area contributed by atoms with Gasteiger partial charge in [0.1, 0.15) is 9.84 Å². The molecule has 6 heteroatoms. The molecule has 3 nitrogen and oxygen atoms in total. The summed E-state index contributed by atoms with van der Waals surface area (Å²) in [5.74, 6) is 0.264. The summed E-state index contributed by atoms with van der Waals surface area (Å²) in [6, 6.07) is 2.35. The Kier molecular flexibility index (Phi) is 6.12. The molecule has 0 radical (unpaired) electrons. The van der Waals surface area contributed by atoms with Gasteiger partial charge in [-0.3, -0.25) is 0 Å². The minimum Gasteiger partial charge on any atom is -0.310 e. The summed E-state index contributed by atoms with van der Waals surface area (Å²) in [4.78, 5) is 0. The number of halogens is 1. The molecule has 0 aliphatic carbocycles. The smallest absolute Gasteiger partial charge is 0.147 e. The van der Waals surface area contributed by atoms with E-state index in [1.54, 1.807) is 11.3 Å². The van der Waals surface area contributed by atoms with E-state index in [1.807, 2.05) is 0 Å². The summed E-state index contributed by atoms with van der Waals surface area (Å²) >= 11 is 5.10. The topological polar surface area (TPSA) is 46.2 Å². The van der Waals surface area contributed by atoms with Crippen molar-refractivity contribution in [1.82, 2.24) is 5.32 Å². The minimum atomic E-state index is -2.85. The fraction of sp³-hybridized carbons (Fsp3) is 0.636. The van der Waals surface area contributed by atoms with E-state index in [0.717, 1.165) is 16.8 Å². The highest BCUT2D eigenvalue weighted by Crippen LogP contribution is 2.27. The molecule has 0 amide bonds. The van der Waals surface area contributed by atoms with Crippen LogP contribution < -0.4 is 5.32 Å². The van der Waals surface area contributed by atoms with Gasteiger partial charge in [0.25, 0.3) is 0 Å². The van der Waals surface area contributed by atoms with Gasteiger partial charge < -0.3 is 5.32 Å². The first-order chi connectivity index (χ1) is 7.92. The van der Waals surface area contributed by atoms with Crippen LogP contribution in [0.5, 0.6) is 0 Å². The van der Waals surface area contributed by atoms with Crippen LogP contribution in [0.3, 0.4) is 0 Å². The second kappa shape index (κ2) is 6.87. The third-order valence-corrected chi connectivity index (χ3v) is 5.00. The molecule has 1 unspecified atom stereocenters. The fourth-order valence-corrected chi connectivity index (χ4v) is 3.61. The lowest BCUT2D eigenvalue weighted by Gasteiger charge is -2.16. The Morgan fingerprint density at radius 3 is 2.71 bits per heavy atom. The predicted molar refractivity (Wildman–Crippen MR) is 77.4 cm³/mol. The van der Waals surface area contributed by atoms with Gasteiger partial charge in [0, 0.05) is 18.1 Å². The maximum Gasteiger partial charge on any atom is 0.147 e. The number of hydrogen-bond acceptors (Lipinski definition) is 4. The van der Waals surface area contributed by atoms with E-state index >= 15 is 0 Å². The molecule has 1 N–H and O–H groups in total. The number of nitrogens with one attached hydrogen (secondary N) is 1. The molecule has 0 bridgehead atoms. The zero-order valence-electron chi connectivity index (χ0n) is 10.1. The molecule has 1 atom stereocenters. The molecule has 0 saturated carbocycles. The van der Waals surface area contributed by atoms with Crippen LogP contribution in [0.2, 0.25) is 0 Å². The van der Waals surface area contributed by atoms with E-state index < -0.39 is 9.84 Å². The average Bonchev–Trinajstić information content (AvgIpc) is 2.62. The summed E-state index contributed by atoms with van der Waals surface area (Å²) in [5, 5.41) is 5.50. The fourth-order valence-electron chi connectivity index (χ4n) is 1.69. The van der Waals surface area contributed by atoms with Gasteiger partial charge in [0.05, 0.1) is 3.79 Å². The van der Waals surface area contributed by atoms with Gasteiger partial charge >= 0.3 is 0 Å². The van der Waals surface area contributed by atoms with E-state index in [2.05, 4.69) is 39.6 Å². The van der Waals surface area contributed by atoms with Crippen molar-refractivity contribution in [1.29, 1.82) is 0 Å². The SMILES string of the molecule is CCNC(CCCS(C)(=O)=O)c1csc(Br)c1. The van der Waals surface area contributed by atoms with Gasteiger partial charge in [-0.25, -0.2) is 8.42 Å². The van der Waals surface area contributed by atoms with Crippen LogP contribution >= 0.6 is 27.3 Å². The van der Waals surface area contributed by atoms with E-state index in [1.165, 1.54) is 11.8 Å². The highest BCUT2D eigenvalue weighted by molar-refractivity contribution is 9.11. The van der Waals surface area contributed by atoms with Crippen LogP contribution in [-0.2, 0) is 9.84 Å². The molecule has 0 aromatic carbocycles. The van der Waals surface area contributed by atoms with Crippen molar-refractivity contribution in [2.75, 3.05) is 18.6 Å². The summed E-state index contributed by atoms with van der Waals surface area (Å²) < 4.78 is 23.3. The normalized spacial score (nSPS) is 13.8. The van der Waals surface area contributed by atoms with Crippen LogP contribution in [0.4, 0.5) is 0 Å². The second-order valence-corrected chi connectivity index (χ2v) is 8.62. The van der Waals surface area contributed by atoms with E-state index in [-0.39, 0.29) is 11.8 Å². The van der Waals surface area contributed by atoms with Gasteiger partial charge in [-0.05, 0) is 52.3 Å². The quantitative estimate of drug-likeness (QED) is 0.830. The van der Waals surface area contributed by atoms with Gasteiger partial charge in [0.15, 0.2) is 0 Å². The molecule has 1 rings (SSSR count). The van der Waals surface area contributed by atoms with E-state index in [0.29, 0.717) is 6.42 Å². The largest absolute Gasteiger partial charge is 0.310 e. The zero-order valence-corrected chi connectivity index (χ0v) is 13.3. The molecule has 17 heavy (non-hydrogen) atoms. The predicted octanol–water partition coefficient (Wildman–Crippen LogP) is 2.99. The molecule has 1 aromatic rings. The standard InChI is InChI=1S/C11H18BrNO2S2/c1-3-13-10(5-4-6-17(2,14)15)9-7-11(12)16-8-9/h7-8,10,13H,3-6H2,1-2H3. The Balaban J connectivity index is 2.55. The van der Waals surface area contributed by atoms with Crippen molar-refractivity contribution in [2.24, 2.45) is 0 Å². The van der Waals surface area contributed by atoms with Crippen LogP contribution in [0.1, 0.15) is 31.4 Å². The molecule has 0 fully saturated rings. The monoisotopic (exact) mass is 339 g/mol. The van der Waals surface area contributed by atoms with Crippen molar-refractivity contribution in [3.63, 3.8) is 0 Å². The van der Waals surface area contributed by atoms with E-state index in [9.17, 15) is 8.42 Å². The highest BCUT2D eigenvalue weighted by Gasteiger charge is 2.13. The highest BCUT2D eigenvalue weighted by atomic mass is 79.9. The summed E-state index contributed by atoms with van der Waals surface area (Å²) in [5.41, 5.74) is 1.23. The Morgan fingerprint density at radius 1 is 1.53 bits per heavy atom. The number of thiophene rings is 1. The summed E-state index contributed by atoms with van der Waals surface area (Å²) in [6.45, 7) is 2.95. The Morgan fingerprint density at radius 2 is 2.24 bits per heavy atom. The molecule has 0 spiro atoms. The number of hydrogen-bond donors (Lipinski definition) is 1. The Hall–Kier alpha value is 0.0900. The zero-order chi connectivity index (χ0) is 12.9. The van der Waals surface area contributed by atoms with Crippen molar-refractivity contribution in [2.45, 2.75) is 25.8 Å². The Bertz CT molecular complexity index is 442. The van der Waals surface area contributed by atoms with Gasteiger partial charge in [-0.15, -0.1) is 11.3 Å². The molecular weight excluding hydrogens is 322 g/mol. The third kappa shape index (κ3) is 5.99. The van der Waals surface area contributed by atoms with E-state index in [4.69, 9.17) is 0 Å². The maximum atomic E-state index is 11.1. The molecule has 0 saturated heterocycles. The van der Waals surface area contributed by atoms with Crippen LogP contribution in [0.15, 0.2) is 15.2 Å². The maximum absolute atomic E-state index is 11.1. The minimum absolute atomic E-state index is 0.254. The lowest BCUT2D eigenvalue weighted by molar-refractivity contribution is 0.508. The van der Waals surface area contributed by atoms with Crippen LogP contribution in [-0.4, -0.2) is 27.0 Å². The van der Waals surface area contributed by atoms with Crippen molar-refractivity contribution >= 4 is 37.1 Å². The molecule has 98 valence electrons. The third-order valence-electron chi connectivity index (χ3n) is 2.45. The lowest BCUT2D eigenvalue weighted by Crippen LogP contribution is -2.21. The molecule has 0 aliphatic heterocycles. The van der Waals surface area contributed by atoms with Gasteiger partial charge in [0.2, 0.25) is 0 Å². The van der Waals surface area contributed by atoms with Gasteiger partial charge in [-0.1, -0.05) is 6.92 Å².